The molecule has 4 aromatic rings. The zero-order valence-electron chi connectivity index (χ0n) is 22.8. The van der Waals surface area contributed by atoms with Crippen LogP contribution in [0, 0.1) is 0 Å². The number of ether oxygens (including phenoxy) is 2. The molecule has 5 nitrogen and oxygen atoms in total. The molecule has 1 fully saturated rings. The van der Waals surface area contributed by atoms with E-state index in [0.29, 0.717) is 6.04 Å². The monoisotopic (exact) mass is 525 g/mol. The highest BCUT2D eigenvalue weighted by Crippen LogP contribution is 2.34. The van der Waals surface area contributed by atoms with Gasteiger partial charge in [0.2, 0.25) is 0 Å². The van der Waals surface area contributed by atoms with Crippen molar-refractivity contribution in [1.29, 1.82) is 0 Å². The molecule has 0 radical (unpaired) electrons. The highest BCUT2D eigenvalue weighted by atomic mass is 16.5. The van der Waals surface area contributed by atoms with Gasteiger partial charge in [-0.1, -0.05) is 49.4 Å². The van der Waals surface area contributed by atoms with Crippen molar-refractivity contribution in [3.8, 4) is 28.4 Å². The Balaban J connectivity index is 1.22. The van der Waals surface area contributed by atoms with E-state index in [-0.39, 0.29) is 11.5 Å². The quantitative estimate of drug-likeness (QED) is 0.203. The predicted octanol–water partition coefficient (Wildman–Crippen LogP) is 7.17. The van der Waals surface area contributed by atoms with Gasteiger partial charge in [-0.25, -0.2) is 0 Å². The first-order valence-corrected chi connectivity index (χ1v) is 14.2. The summed E-state index contributed by atoms with van der Waals surface area (Å²) in [4.78, 5) is 2.58. The summed E-state index contributed by atoms with van der Waals surface area (Å²) in [5, 5.41) is 21.9. The third-order valence-electron chi connectivity index (χ3n) is 7.83. The van der Waals surface area contributed by atoms with Crippen LogP contribution in [0.2, 0.25) is 0 Å². The van der Waals surface area contributed by atoms with E-state index < -0.39 is 0 Å². The summed E-state index contributed by atoms with van der Waals surface area (Å²) < 4.78 is 11.6. The number of phenolic OH excluding ortho intramolecular Hbond substituents is 2. The molecule has 0 spiro atoms. The Labute approximate surface area is 231 Å². The lowest BCUT2D eigenvalue weighted by molar-refractivity contribution is 0.0133. The summed E-state index contributed by atoms with van der Waals surface area (Å²) >= 11 is 0. The Morgan fingerprint density at radius 1 is 0.846 bits per heavy atom. The van der Waals surface area contributed by atoms with Crippen LogP contribution in [0.3, 0.4) is 0 Å². The molecule has 204 valence electrons. The molecule has 1 atom stereocenters. The number of rotatable bonds is 11. The van der Waals surface area contributed by atoms with Crippen molar-refractivity contribution in [2.75, 3.05) is 32.9 Å². The summed E-state index contributed by atoms with van der Waals surface area (Å²) in [6, 6.07) is 26.1. The molecular formula is C34H39NO4. The van der Waals surface area contributed by atoms with Crippen molar-refractivity contribution in [1.82, 2.24) is 4.90 Å². The maximum absolute atomic E-state index is 10.0. The third kappa shape index (κ3) is 6.92. The fourth-order valence-corrected chi connectivity index (χ4v) is 5.65. The molecule has 1 unspecified atom stereocenters. The van der Waals surface area contributed by atoms with E-state index in [1.54, 1.807) is 24.3 Å². The lowest BCUT2D eigenvalue weighted by Crippen LogP contribution is -2.43. The number of benzene rings is 4. The summed E-state index contributed by atoms with van der Waals surface area (Å²) in [5.74, 6) is 1.42. The van der Waals surface area contributed by atoms with Gasteiger partial charge in [0.25, 0.3) is 0 Å². The molecule has 5 heteroatoms. The molecule has 0 saturated carbocycles. The van der Waals surface area contributed by atoms with Gasteiger partial charge in [-0.15, -0.1) is 0 Å². The lowest BCUT2D eigenvalue weighted by atomic mass is 9.90. The van der Waals surface area contributed by atoms with Gasteiger partial charge in [-0.05, 0) is 102 Å². The maximum atomic E-state index is 10.0. The van der Waals surface area contributed by atoms with Gasteiger partial charge in [-0.2, -0.15) is 0 Å². The first-order chi connectivity index (χ1) is 19.1. The molecule has 1 heterocycles. The summed E-state index contributed by atoms with van der Waals surface area (Å²) in [6.45, 7) is 6.85. The average molecular weight is 526 g/mol. The smallest absolute Gasteiger partial charge is 0.119 e. The van der Waals surface area contributed by atoms with Gasteiger partial charge in [0.05, 0.1) is 19.8 Å². The number of hydrogen-bond acceptors (Lipinski definition) is 5. The fourth-order valence-electron chi connectivity index (χ4n) is 5.65. The Morgan fingerprint density at radius 2 is 1.59 bits per heavy atom. The molecule has 0 aliphatic carbocycles. The van der Waals surface area contributed by atoms with Gasteiger partial charge < -0.3 is 19.7 Å². The number of unbranched alkanes of at least 4 members (excludes halogenated alkanes) is 1. The number of hydrogen-bond donors (Lipinski definition) is 2. The van der Waals surface area contributed by atoms with Crippen molar-refractivity contribution in [3.63, 3.8) is 0 Å². The normalized spacial score (nSPS) is 14.9. The van der Waals surface area contributed by atoms with E-state index in [1.807, 2.05) is 24.3 Å². The second-order valence-electron chi connectivity index (χ2n) is 10.4. The summed E-state index contributed by atoms with van der Waals surface area (Å²) in [6.07, 6.45) is 5.38. The largest absolute Gasteiger partial charge is 0.508 e. The van der Waals surface area contributed by atoms with Crippen LogP contribution in [-0.2, 0) is 11.2 Å². The van der Waals surface area contributed by atoms with E-state index in [1.165, 1.54) is 30.4 Å². The number of morpholine rings is 1. The van der Waals surface area contributed by atoms with E-state index in [4.69, 9.17) is 9.47 Å². The van der Waals surface area contributed by atoms with E-state index in [2.05, 4.69) is 42.2 Å². The molecule has 1 aliphatic rings. The van der Waals surface area contributed by atoms with Crippen LogP contribution in [0.5, 0.6) is 17.2 Å². The average Bonchev–Trinajstić information content (AvgIpc) is 2.97. The molecule has 39 heavy (non-hydrogen) atoms. The number of phenols is 2. The summed E-state index contributed by atoms with van der Waals surface area (Å²) in [7, 11) is 0. The number of fused-ring (bicyclic) bond motifs is 1. The van der Waals surface area contributed by atoms with Crippen LogP contribution < -0.4 is 4.74 Å². The summed E-state index contributed by atoms with van der Waals surface area (Å²) in [5.41, 5.74) is 4.56. The molecule has 5 rings (SSSR count). The first-order valence-electron chi connectivity index (χ1n) is 14.2. The van der Waals surface area contributed by atoms with Gasteiger partial charge in [-0.3, -0.25) is 4.90 Å². The van der Waals surface area contributed by atoms with E-state index in [0.717, 1.165) is 73.4 Å². The van der Waals surface area contributed by atoms with Crippen LogP contribution in [0.25, 0.3) is 21.9 Å². The second-order valence-corrected chi connectivity index (χ2v) is 10.4. The van der Waals surface area contributed by atoms with Gasteiger partial charge in [0, 0.05) is 19.1 Å². The third-order valence-corrected chi connectivity index (χ3v) is 7.83. The molecule has 0 amide bonds. The topological polar surface area (TPSA) is 62.2 Å². The minimum atomic E-state index is 0.254. The zero-order chi connectivity index (χ0) is 27.0. The van der Waals surface area contributed by atoms with Crippen LogP contribution in [0.4, 0.5) is 0 Å². The van der Waals surface area contributed by atoms with Crippen molar-refractivity contribution in [2.45, 2.75) is 45.1 Å². The van der Waals surface area contributed by atoms with Crippen molar-refractivity contribution >= 4 is 10.8 Å². The van der Waals surface area contributed by atoms with Crippen LogP contribution in [0.15, 0.2) is 78.9 Å². The SMILES string of the molecule is CCC(CCCCOc1ccc(Cc2c(-c3ccc(O)cc3)ccc3cc(O)ccc23)cc1)N1CCOCC1. The zero-order valence-corrected chi connectivity index (χ0v) is 22.8. The highest BCUT2D eigenvalue weighted by molar-refractivity contribution is 5.93. The molecule has 4 aromatic carbocycles. The van der Waals surface area contributed by atoms with Gasteiger partial charge >= 0.3 is 0 Å². The molecule has 0 bridgehead atoms. The Hall–Kier alpha value is -3.54. The Morgan fingerprint density at radius 3 is 2.33 bits per heavy atom. The first kappa shape index (κ1) is 27.0. The van der Waals surface area contributed by atoms with Crippen LogP contribution in [-0.4, -0.2) is 54.1 Å². The fraction of sp³-hybridized carbons (Fsp3) is 0.353. The minimum Gasteiger partial charge on any atom is -0.508 e. The highest BCUT2D eigenvalue weighted by Gasteiger charge is 2.19. The van der Waals surface area contributed by atoms with Crippen LogP contribution >= 0.6 is 0 Å². The molecular weight excluding hydrogens is 486 g/mol. The van der Waals surface area contributed by atoms with Crippen molar-refractivity contribution in [2.24, 2.45) is 0 Å². The minimum absolute atomic E-state index is 0.254. The van der Waals surface area contributed by atoms with Crippen molar-refractivity contribution in [3.05, 3.63) is 90.0 Å². The maximum Gasteiger partial charge on any atom is 0.119 e. The second kappa shape index (κ2) is 13.0. The van der Waals surface area contributed by atoms with E-state index >= 15 is 0 Å². The van der Waals surface area contributed by atoms with Crippen LogP contribution in [0.1, 0.15) is 43.7 Å². The van der Waals surface area contributed by atoms with Gasteiger partial charge in [0.1, 0.15) is 17.2 Å². The number of aromatic hydroxyl groups is 2. The van der Waals surface area contributed by atoms with Crippen molar-refractivity contribution < 1.29 is 19.7 Å². The lowest BCUT2D eigenvalue weighted by Gasteiger charge is -2.34. The molecule has 1 aliphatic heterocycles. The molecule has 1 saturated heterocycles. The predicted molar refractivity (Wildman–Crippen MR) is 158 cm³/mol. The standard InChI is InChI=1S/C34H39NO4/c1-2-28(35-18-21-38-22-19-35)5-3-4-20-39-31-14-6-25(7-15-31)23-34-32(26-8-11-29(36)12-9-26)16-10-27-24-30(37)13-17-33(27)34/h6-17,24,28,36-37H,2-5,18-23H2,1H3. The van der Waals surface area contributed by atoms with Gasteiger partial charge in [0.15, 0.2) is 0 Å². The van der Waals surface area contributed by atoms with E-state index in [9.17, 15) is 10.2 Å². The molecule has 2 N–H and O–H groups in total. The Bertz CT molecular complexity index is 1340. The molecule has 0 aromatic heterocycles. The number of nitrogens with zero attached hydrogens (tertiary/aromatic N) is 1. The Kier molecular flexibility index (Phi) is 9.02.